The first kappa shape index (κ1) is 16.5. The molecule has 0 saturated carbocycles. The maximum atomic E-state index is 12.4. The molecule has 1 aromatic rings. The SMILES string of the molecule is CC(C(=O)Nc1ccc(C(N)=O)cc1)N1CCOC(C)(C)C1. The van der Waals surface area contributed by atoms with Gasteiger partial charge in [0.25, 0.3) is 0 Å². The lowest BCUT2D eigenvalue weighted by atomic mass is 10.1. The third kappa shape index (κ3) is 4.05. The Bertz CT molecular complexity index is 554. The van der Waals surface area contributed by atoms with E-state index in [1.807, 2.05) is 20.8 Å². The number of hydrogen-bond donors (Lipinski definition) is 2. The van der Waals surface area contributed by atoms with Crippen molar-refractivity contribution in [1.82, 2.24) is 4.90 Å². The highest BCUT2D eigenvalue weighted by Gasteiger charge is 2.32. The Labute approximate surface area is 130 Å². The first-order chi connectivity index (χ1) is 10.3. The molecule has 1 heterocycles. The van der Waals surface area contributed by atoms with Crippen molar-refractivity contribution in [2.75, 3.05) is 25.0 Å². The molecule has 1 aliphatic heterocycles. The topological polar surface area (TPSA) is 84.7 Å². The van der Waals surface area contributed by atoms with Crippen LogP contribution in [0.25, 0.3) is 0 Å². The van der Waals surface area contributed by atoms with Crippen LogP contribution in [-0.4, -0.2) is 48.1 Å². The molecule has 0 aromatic heterocycles. The van der Waals surface area contributed by atoms with E-state index in [1.165, 1.54) is 0 Å². The number of benzene rings is 1. The second-order valence-electron chi connectivity index (χ2n) is 6.19. The van der Waals surface area contributed by atoms with Crippen molar-refractivity contribution in [2.45, 2.75) is 32.4 Å². The van der Waals surface area contributed by atoms with Crippen molar-refractivity contribution in [2.24, 2.45) is 5.73 Å². The predicted octanol–water partition coefficient (Wildman–Crippen LogP) is 1.22. The summed E-state index contributed by atoms with van der Waals surface area (Å²) < 4.78 is 5.66. The largest absolute Gasteiger partial charge is 0.373 e. The third-order valence-electron chi connectivity index (χ3n) is 3.82. The van der Waals surface area contributed by atoms with Crippen LogP contribution in [-0.2, 0) is 9.53 Å². The van der Waals surface area contributed by atoms with Crippen molar-refractivity contribution < 1.29 is 14.3 Å². The Kier molecular flexibility index (Phi) is 4.83. The van der Waals surface area contributed by atoms with E-state index < -0.39 is 5.91 Å². The summed E-state index contributed by atoms with van der Waals surface area (Å²) in [7, 11) is 0. The maximum absolute atomic E-state index is 12.4. The van der Waals surface area contributed by atoms with Gasteiger partial charge in [-0.1, -0.05) is 0 Å². The van der Waals surface area contributed by atoms with Crippen LogP contribution >= 0.6 is 0 Å². The number of morpholine rings is 1. The number of hydrogen-bond acceptors (Lipinski definition) is 4. The van der Waals surface area contributed by atoms with E-state index in [0.717, 1.165) is 6.54 Å². The van der Waals surface area contributed by atoms with Gasteiger partial charge in [-0.15, -0.1) is 0 Å². The molecule has 22 heavy (non-hydrogen) atoms. The molecule has 0 aliphatic carbocycles. The Morgan fingerprint density at radius 1 is 1.32 bits per heavy atom. The van der Waals surface area contributed by atoms with Crippen molar-refractivity contribution in [3.05, 3.63) is 29.8 Å². The molecule has 6 nitrogen and oxygen atoms in total. The van der Waals surface area contributed by atoms with Crippen LogP contribution in [0.2, 0.25) is 0 Å². The molecule has 1 aliphatic rings. The van der Waals surface area contributed by atoms with Gasteiger partial charge in [0.05, 0.1) is 18.2 Å². The van der Waals surface area contributed by atoms with Gasteiger partial charge in [0.1, 0.15) is 0 Å². The summed E-state index contributed by atoms with van der Waals surface area (Å²) >= 11 is 0. The summed E-state index contributed by atoms with van der Waals surface area (Å²) in [5, 5.41) is 2.86. The van der Waals surface area contributed by atoms with Crippen LogP contribution in [0, 0.1) is 0 Å². The molecule has 0 radical (unpaired) electrons. The quantitative estimate of drug-likeness (QED) is 0.876. The van der Waals surface area contributed by atoms with E-state index in [2.05, 4.69) is 10.2 Å². The number of nitrogens with one attached hydrogen (secondary N) is 1. The van der Waals surface area contributed by atoms with Crippen LogP contribution in [0.4, 0.5) is 5.69 Å². The monoisotopic (exact) mass is 305 g/mol. The zero-order chi connectivity index (χ0) is 16.3. The van der Waals surface area contributed by atoms with Gasteiger partial charge in [-0.05, 0) is 45.0 Å². The van der Waals surface area contributed by atoms with Gasteiger partial charge in [0.2, 0.25) is 11.8 Å². The van der Waals surface area contributed by atoms with Gasteiger partial charge in [-0.25, -0.2) is 0 Å². The zero-order valence-electron chi connectivity index (χ0n) is 13.3. The lowest BCUT2D eigenvalue weighted by molar-refractivity contribution is -0.129. The standard InChI is InChI=1S/C16H23N3O3/c1-11(19-8-9-22-16(2,3)10-19)15(21)18-13-6-4-12(5-7-13)14(17)20/h4-7,11H,8-10H2,1-3H3,(H2,17,20)(H,18,21). The van der Waals surface area contributed by atoms with Crippen LogP contribution in [0.1, 0.15) is 31.1 Å². The Morgan fingerprint density at radius 3 is 2.50 bits per heavy atom. The highest BCUT2D eigenvalue weighted by molar-refractivity contribution is 5.96. The minimum absolute atomic E-state index is 0.0791. The molecule has 2 amide bonds. The summed E-state index contributed by atoms with van der Waals surface area (Å²) in [6.45, 7) is 7.99. The first-order valence-electron chi connectivity index (χ1n) is 7.37. The highest BCUT2D eigenvalue weighted by atomic mass is 16.5. The summed E-state index contributed by atoms with van der Waals surface area (Å²) in [6.07, 6.45) is 0. The average Bonchev–Trinajstić information content (AvgIpc) is 2.46. The zero-order valence-corrected chi connectivity index (χ0v) is 13.3. The number of anilines is 1. The van der Waals surface area contributed by atoms with Gasteiger partial charge in [0, 0.05) is 24.3 Å². The molecular formula is C16H23N3O3. The highest BCUT2D eigenvalue weighted by Crippen LogP contribution is 2.19. The number of rotatable bonds is 4. The molecule has 1 fully saturated rings. The Balaban J connectivity index is 1.97. The summed E-state index contributed by atoms with van der Waals surface area (Å²) in [5.74, 6) is -0.564. The molecular weight excluding hydrogens is 282 g/mol. The number of ether oxygens (including phenoxy) is 1. The number of primary amides is 1. The average molecular weight is 305 g/mol. The number of nitrogens with two attached hydrogens (primary N) is 1. The van der Waals surface area contributed by atoms with E-state index >= 15 is 0 Å². The lowest BCUT2D eigenvalue weighted by Crippen LogP contribution is -2.54. The van der Waals surface area contributed by atoms with Crippen LogP contribution in [0.3, 0.4) is 0 Å². The van der Waals surface area contributed by atoms with Gasteiger partial charge in [-0.2, -0.15) is 0 Å². The first-order valence-corrected chi connectivity index (χ1v) is 7.37. The molecule has 0 spiro atoms. The molecule has 1 unspecified atom stereocenters. The van der Waals surface area contributed by atoms with E-state index in [1.54, 1.807) is 24.3 Å². The van der Waals surface area contributed by atoms with E-state index in [4.69, 9.17) is 10.5 Å². The number of amides is 2. The van der Waals surface area contributed by atoms with E-state index in [0.29, 0.717) is 24.4 Å². The van der Waals surface area contributed by atoms with Crippen molar-refractivity contribution >= 4 is 17.5 Å². The van der Waals surface area contributed by atoms with Crippen LogP contribution in [0.15, 0.2) is 24.3 Å². The van der Waals surface area contributed by atoms with Crippen molar-refractivity contribution in [1.29, 1.82) is 0 Å². The van der Waals surface area contributed by atoms with E-state index in [-0.39, 0.29) is 17.6 Å². The fourth-order valence-corrected chi connectivity index (χ4v) is 2.51. The fraction of sp³-hybridized carbons (Fsp3) is 0.500. The maximum Gasteiger partial charge on any atom is 0.248 e. The molecule has 1 saturated heterocycles. The summed E-state index contributed by atoms with van der Waals surface area (Å²) in [4.78, 5) is 25.5. The lowest BCUT2D eigenvalue weighted by Gasteiger charge is -2.40. The second kappa shape index (κ2) is 6.46. The molecule has 120 valence electrons. The summed E-state index contributed by atoms with van der Waals surface area (Å²) in [5.41, 5.74) is 6.02. The minimum atomic E-state index is -0.484. The molecule has 1 atom stereocenters. The number of nitrogens with zero attached hydrogens (tertiary/aromatic N) is 1. The predicted molar refractivity (Wildman–Crippen MR) is 84.7 cm³/mol. The van der Waals surface area contributed by atoms with E-state index in [9.17, 15) is 9.59 Å². The van der Waals surface area contributed by atoms with Gasteiger partial charge < -0.3 is 15.8 Å². The van der Waals surface area contributed by atoms with Gasteiger partial charge in [-0.3, -0.25) is 14.5 Å². The number of carbonyl (C=O) groups excluding carboxylic acids is 2. The molecule has 1 aromatic carbocycles. The molecule has 6 heteroatoms. The third-order valence-corrected chi connectivity index (χ3v) is 3.82. The molecule has 3 N–H and O–H groups in total. The summed E-state index contributed by atoms with van der Waals surface area (Å²) in [6, 6.07) is 6.29. The Hall–Kier alpha value is -1.92. The second-order valence-corrected chi connectivity index (χ2v) is 6.19. The Morgan fingerprint density at radius 2 is 1.95 bits per heavy atom. The van der Waals surface area contributed by atoms with Gasteiger partial charge >= 0.3 is 0 Å². The normalized spacial score (nSPS) is 19.4. The smallest absolute Gasteiger partial charge is 0.248 e. The molecule has 0 bridgehead atoms. The van der Waals surface area contributed by atoms with Crippen LogP contribution in [0.5, 0.6) is 0 Å². The van der Waals surface area contributed by atoms with Crippen molar-refractivity contribution in [3.63, 3.8) is 0 Å². The van der Waals surface area contributed by atoms with Gasteiger partial charge in [0.15, 0.2) is 0 Å². The minimum Gasteiger partial charge on any atom is -0.373 e. The molecule has 2 rings (SSSR count). The van der Waals surface area contributed by atoms with Crippen molar-refractivity contribution in [3.8, 4) is 0 Å². The number of carbonyl (C=O) groups is 2. The fourth-order valence-electron chi connectivity index (χ4n) is 2.51. The van der Waals surface area contributed by atoms with Crippen LogP contribution < -0.4 is 11.1 Å².